The number of phenols is 1. The Labute approximate surface area is 71.5 Å². The number of hydrogen-bond donors (Lipinski definition) is 3. The summed E-state index contributed by atoms with van der Waals surface area (Å²) in [5.74, 6) is 0.0318. The molecule has 3 heteroatoms. The molecule has 12 heavy (non-hydrogen) atoms. The van der Waals surface area contributed by atoms with Crippen molar-refractivity contribution in [3.05, 3.63) is 29.8 Å². The Kier molecular flexibility index (Phi) is 2.35. The van der Waals surface area contributed by atoms with Gasteiger partial charge >= 0.3 is 0 Å². The highest BCUT2D eigenvalue weighted by molar-refractivity contribution is 5.35. The van der Waals surface area contributed by atoms with Crippen molar-refractivity contribution in [3.63, 3.8) is 0 Å². The van der Waals surface area contributed by atoms with Gasteiger partial charge in [-0.2, -0.15) is 0 Å². The molecule has 1 atom stereocenters. The molecule has 0 saturated heterocycles. The maximum atomic E-state index is 9.59. The number of aliphatic hydroxyl groups is 1. The molecule has 0 amide bonds. The molecule has 0 aliphatic carbocycles. The van der Waals surface area contributed by atoms with Crippen molar-refractivity contribution >= 4 is 0 Å². The minimum absolute atomic E-state index is 0.0318. The number of rotatable bonds is 2. The van der Waals surface area contributed by atoms with Gasteiger partial charge in [-0.1, -0.05) is 25.1 Å². The van der Waals surface area contributed by atoms with Crippen molar-refractivity contribution in [2.24, 2.45) is 5.73 Å². The fourth-order valence-electron chi connectivity index (χ4n) is 1.03. The molecule has 0 bridgehead atoms. The lowest BCUT2D eigenvalue weighted by Crippen LogP contribution is -2.35. The first-order chi connectivity index (χ1) is 5.58. The first kappa shape index (κ1) is 9.03. The van der Waals surface area contributed by atoms with Gasteiger partial charge in [-0.25, -0.2) is 0 Å². The molecule has 0 fully saturated rings. The molecule has 66 valence electrons. The largest absolute Gasteiger partial charge is 0.508 e. The third kappa shape index (κ3) is 1.57. The molecule has 1 unspecified atom stereocenters. The number of para-hydroxylation sites is 1. The predicted molar refractivity (Wildman–Crippen MR) is 46.5 cm³/mol. The van der Waals surface area contributed by atoms with Crippen LogP contribution in [0, 0.1) is 0 Å². The van der Waals surface area contributed by atoms with Crippen LogP contribution in [-0.2, 0) is 5.72 Å². The first-order valence-electron chi connectivity index (χ1n) is 3.87. The van der Waals surface area contributed by atoms with Crippen molar-refractivity contribution in [1.82, 2.24) is 0 Å². The molecule has 0 spiro atoms. The van der Waals surface area contributed by atoms with E-state index in [2.05, 4.69) is 0 Å². The average Bonchev–Trinajstić information content (AvgIpc) is 2.05. The lowest BCUT2D eigenvalue weighted by Gasteiger charge is -2.22. The Hall–Kier alpha value is -1.06. The second-order valence-electron chi connectivity index (χ2n) is 2.79. The normalized spacial score (nSPS) is 15.6. The maximum absolute atomic E-state index is 9.59. The van der Waals surface area contributed by atoms with E-state index in [9.17, 15) is 10.2 Å². The minimum atomic E-state index is -1.43. The molecule has 4 N–H and O–H groups in total. The summed E-state index contributed by atoms with van der Waals surface area (Å²) >= 11 is 0. The van der Waals surface area contributed by atoms with Gasteiger partial charge in [0.2, 0.25) is 0 Å². The van der Waals surface area contributed by atoms with Crippen molar-refractivity contribution in [2.75, 3.05) is 0 Å². The number of aromatic hydroxyl groups is 1. The van der Waals surface area contributed by atoms with Gasteiger partial charge in [0, 0.05) is 5.56 Å². The van der Waals surface area contributed by atoms with Crippen molar-refractivity contribution < 1.29 is 10.2 Å². The predicted octanol–water partition coefficient (Wildman–Crippen LogP) is 0.906. The van der Waals surface area contributed by atoms with E-state index < -0.39 is 5.72 Å². The van der Waals surface area contributed by atoms with E-state index in [0.717, 1.165) is 0 Å². The Morgan fingerprint density at radius 3 is 2.50 bits per heavy atom. The summed E-state index contributed by atoms with van der Waals surface area (Å²) in [7, 11) is 0. The lowest BCUT2D eigenvalue weighted by molar-refractivity contribution is 0.0371. The molecule has 1 aromatic carbocycles. The van der Waals surface area contributed by atoms with Gasteiger partial charge < -0.3 is 10.2 Å². The topological polar surface area (TPSA) is 66.5 Å². The van der Waals surface area contributed by atoms with Crippen LogP contribution >= 0.6 is 0 Å². The summed E-state index contributed by atoms with van der Waals surface area (Å²) in [6.07, 6.45) is 0.366. The molecule has 0 heterocycles. The van der Waals surface area contributed by atoms with E-state index in [4.69, 9.17) is 5.73 Å². The van der Waals surface area contributed by atoms with Crippen LogP contribution in [0.15, 0.2) is 24.3 Å². The molecule has 1 aromatic rings. The summed E-state index contributed by atoms with van der Waals surface area (Å²) < 4.78 is 0. The quantitative estimate of drug-likeness (QED) is 0.573. The van der Waals surface area contributed by atoms with Crippen LogP contribution in [0.4, 0.5) is 0 Å². The lowest BCUT2D eigenvalue weighted by atomic mass is 10.0. The molecular formula is C9H13NO2. The average molecular weight is 167 g/mol. The number of hydrogen-bond acceptors (Lipinski definition) is 3. The summed E-state index contributed by atoms with van der Waals surface area (Å²) in [6, 6.07) is 6.52. The zero-order valence-corrected chi connectivity index (χ0v) is 6.99. The number of nitrogens with two attached hydrogens (primary N) is 1. The molecule has 1 rings (SSSR count). The first-order valence-corrected chi connectivity index (χ1v) is 3.87. The molecule has 0 aliphatic heterocycles. The fraction of sp³-hybridized carbons (Fsp3) is 0.333. The van der Waals surface area contributed by atoms with Gasteiger partial charge in [0.15, 0.2) is 0 Å². The zero-order valence-electron chi connectivity index (χ0n) is 6.99. The van der Waals surface area contributed by atoms with Gasteiger partial charge in [0.25, 0.3) is 0 Å². The van der Waals surface area contributed by atoms with Crippen LogP contribution < -0.4 is 5.73 Å². The molecule has 0 saturated carbocycles. The van der Waals surface area contributed by atoms with Crippen molar-refractivity contribution in [2.45, 2.75) is 19.1 Å². The van der Waals surface area contributed by atoms with Gasteiger partial charge in [-0.05, 0) is 12.5 Å². The third-order valence-electron chi connectivity index (χ3n) is 1.91. The van der Waals surface area contributed by atoms with Crippen LogP contribution in [-0.4, -0.2) is 10.2 Å². The second kappa shape index (κ2) is 3.13. The zero-order chi connectivity index (χ0) is 9.19. The highest BCUT2D eigenvalue weighted by atomic mass is 16.3. The summed E-state index contributed by atoms with van der Waals surface area (Å²) in [5, 5.41) is 18.9. The van der Waals surface area contributed by atoms with Crippen LogP contribution in [0.25, 0.3) is 0 Å². The molecule has 0 aliphatic rings. The van der Waals surface area contributed by atoms with Crippen molar-refractivity contribution in [3.8, 4) is 5.75 Å². The van der Waals surface area contributed by atoms with Crippen molar-refractivity contribution in [1.29, 1.82) is 0 Å². The Morgan fingerprint density at radius 2 is 2.00 bits per heavy atom. The number of phenolic OH excluding ortho intramolecular Hbond substituents is 1. The van der Waals surface area contributed by atoms with Gasteiger partial charge in [-0.3, -0.25) is 5.73 Å². The molecular weight excluding hydrogens is 154 g/mol. The smallest absolute Gasteiger partial charge is 0.142 e. The van der Waals surface area contributed by atoms with E-state index in [-0.39, 0.29) is 5.75 Å². The third-order valence-corrected chi connectivity index (χ3v) is 1.91. The Bertz CT molecular complexity index is 271. The Morgan fingerprint density at radius 1 is 1.42 bits per heavy atom. The second-order valence-corrected chi connectivity index (χ2v) is 2.79. The summed E-state index contributed by atoms with van der Waals surface area (Å²) in [6.45, 7) is 1.76. The Balaban J connectivity index is 3.10. The maximum Gasteiger partial charge on any atom is 0.142 e. The number of benzene rings is 1. The van der Waals surface area contributed by atoms with Crippen LogP contribution in [0.3, 0.4) is 0 Å². The van der Waals surface area contributed by atoms with Gasteiger partial charge in [0.1, 0.15) is 11.5 Å². The van der Waals surface area contributed by atoms with E-state index in [0.29, 0.717) is 12.0 Å². The van der Waals surface area contributed by atoms with E-state index in [1.165, 1.54) is 6.07 Å². The van der Waals surface area contributed by atoms with Gasteiger partial charge in [0.05, 0.1) is 0 Å². The highest BCUT2D eigenvalue weighted by Gasteiger charge is 2.23. The highest BCUT2D eigenvalue weighted by Crippen LogP contribution is 2.26. The summed E-state index contributed by atoms with van der Waals surface area (Å²) in [5.41, 5.74) is 4.48. The van der Waals surface area contributed by atoms with E-state index >= 15 is 0 Å². The standard InChI is InChI=1S/C9H13NO2/c1-2-9(10,12)7-5-3-4-6-8(7)11/h3-6,11-12H,2,10H2,1H3. The minimum Gasteiger partial charge on any atom is -0.508 e. The van der Waals surface area contributed by atoms with Crippen LogP contribution in [0.2, 0.25) is 0 Å². The van der Waals surface area contributed by atoms with Gasteiger partial charge in [-0.15, -0.1) is 0 Å². The molecule has 3 nitrogen and oxygen atoms in total. The van der Waals surface area contributed by atoms with Crippen LogP contribution in [0.5, 0.6) is 5.75 Å². The van der Waals surface area contributed by atoms with Crippen LogP contribution in [0.1, 0.15) is 18.9 Å². The van der Waals surface area contributed by atoms with E-state index in [1.54, 1.807) is 25.1 Å². The van der Waals surface area contributed by atoms with E-state index in [1.807, 2.05) is 0 Å². The molecule has 0 aromatic heterocycles. The monoisotopic (exact) mass is 167 g/mol. The fourth-order valence-corrected chi connectivity index (χ4v) is 1.03. The molecule has 0 radical (unpaired) electrons. The summed E-state index contributed by atoms with van der Waals surface area (Å²) in [4.78, 5) is 0. The SMILES string of the molecule is CCC(N)(O)c1ccccc1O.